The van der Waals surface area contributed by atoms with E-state index in [4.69, 9.17) is 18.9 Å². The fraction of sp³-hybridized carbons (Fsp3) is 0.655. The zero-order chi connectivity index (χ0) is 27.9. The van der Waals surface area contributed by atoms with Gasteiger partial charge in [-0.15, -0.1) is 0 Å². The smallest absolute Gasteiger partial charge is 0.410 e. The lowest BCUT2D eigenvalue weighted by molar-refractivity contribution is -0.155. The number of ether oxygens (including phenoxy) is 4. The molecule has 3 aliphatic rings. The maximum atomic E-state index is 12.8. The quantitative estimate of drug-likeness (QED) is 0.377. The van der Waals surface area contributed by atoms with Gasteiger partial charge in [0.25, 0.3) is 0 Å². The highest BCUT2D eigenvalue weighted by atomic mass is 16.6. The van der Waals surface area contributed by atoms with Crippen molar-refractivity contribution in [3.05, 3.63) is 35.9 Å². The van der Waals surface area contributed by atoms with Gasteiger partial charge in [0, 0.05) is 32.1 Å². The first-order valence-electron chi connectivity index (χ1n) is 14.0. The van der Waals surface area contributed by atoms with Crippen molar-refractivity contribution in [2.45, 2.75) is 64.1 Å². The average molecular weight is 545 g/mol. The van der Waals surface area contributed by atoms with Gasteiger partial charge in [0.1, 0.15) is 12.1 Å². The zero-order valence-corrected chi connectivity index (χ0v) is 23.1. The Morgan fingerprint density at radius 1 is 0.846 bits per heavy atom. The molecule has 39 heavy (non-hydrogen) atoms. The lowest BCUT2D eigenvalue weighted by atomic mass is 9.70. The summed E-state index contributed by atoms with van der Waals surface area (Å²) in [4.78, 5) is 54.6. The summed E-state index contributed by atoms with van der Waals surface area (Å²) < 4.78 is 21.5. The van der Waals surface area contributed by atoms with Crippen LogP contribution in [-0.4, -0.2) is 91.9 Å². The van der Waals surface area contributed by atoms with E-state index in [2.05, 4.69) is 4.90 Å². The van der Waals surface area contributed by atoms with Gasteiger partial charge in [0.05, 0.1) is 31.8 Å². The third kappa shape index (κ3) is 6.90. The topological polar surface area (TPSA) is 112 Å². The minimum absolute atomic E-state index is 0.161. The van der Waals surface area contributed by atoms with Gasteiger partial charge in [-0.3, -0.25) is 14.6 Å². The summed E-state index contributed by atoms with van der Waals surface area (Å²) in [6.45, 7) is 5.60. The molecule has 10 nitrogen and oxygen atoms in total. The molecule has 2 heterocycles. The molecule has 4 rings (SSSR count). The van der Waals surface area contributed by atoms with Gasteiger partial charge in [-0.2, -0.15) is 0 Å². The van der Waals surface area contributed by atoms with Gasteiger partial charge in [-0.25, -0.2) is 14.4 Å². The number of hydrogen-bond acceptors (Lipinski definition) is 9. The van der Waals surface area contributed by atoms with Crippen LogP contribution in [-0.2, 0) is 28.5 Å². The number of esters is 3. The van der Waals surface area contributed by atoms with Crippen LogP contribution in [0.15, 0.2) is 30.3 Å². The minimum atomic E-state index is -0.675. The van der Waals surface area contributed by atoms with E-state index in [-0.39, 0.29) is 30.5 Å². The largest absolute Gasteiger partial charge is 0.466 e. The third-order valence-corrected chi connectivity index (χ3v) is 8.27. The lowest BCUT2D eigenvalue weighted by Crippen LogP contribution is -2.58. The van der Waals surface area contributed by atoms with E-state index in [1.807, 2.05) is 6.07 Å². The first-order chi connectivity index (χ1) is 18.8. The van der Waals surface area contributed by atoms with Crippen molar-refractivity contribution >= 4 is 24.0 Å². The number of hydrogen-bond donors (Lipinski definition) is 0. The molecule has 3 fully saturated rings. The monoisotopic (exact) mass is 544 g/mol. The molecule has 6 atom stereocenters. The first kappa shape index (κ1) is 28.9. The molecule has 1 aliphatic carbocycles. The SMILES string of the molecule is CCOC(=O)C1CC2C[C@@H](N3C[C@@H](OC(=O)c4ccccc4)C[C@H](C(=O)OCC)C3)CC[C@H]2CN1C(=O)OC. The van der Waals surface area contributed by atoms with Gasteiger partial charge in [-0.05, 0) is 63.5 Å². The van der Waals surface area contributed by atoms with Crippen molar-refractivity contribution in [3.63, 3.8) is 0 Å². The van der Waals surface area contributed by atoms with Crippen LogP contribution < -0.4 is 0 Å². The van der Waals surface area contributed by atoms with Crippen molar-refractivity contribution < 1.29 is 38.1 Å². The van der Waals surface area contributed by atoms with Gasteiger partial charge in [-0.1, -0.05) is 18.2 Å². The Labute approximate surface area is 229 Å². The number of carbonyl (C=O) groups is 4. The second-order valence-electron chi connectivity index (χ2n) is 10.6. The summed E-state index contributed by atoms with van der Waals surface area (Å²) in [5.41, 5.74) is 0.477. The van der Waals surface area contributed by atoms with Crippen LogP contribution in [0.1, 0.15) is 56.3 Å². The highest BCUT2D eigenvalue weighted by molar-refractivity contribution is 5.89. The minimum Gasteiger partial charge on any atom is -0.466 e. The molecule has 1 aromatic carbocycles. The highest BCUT2D eigenvalue weighted by Gasteiger charge is 2.47. The van der Waals surface area contributed by atoms with E-state index >= 15 is 0 Å². The van der Waals surface area contributed by atoms with E-state index < -0.39 is 36.1 Å². The zero-order valence-electron chi connectivity index (χ0n) is 23.1. The van der Waals surface area contributed by atoms with Crippen LogP contribution in [0.2, 0.25) is 0 Å². The number of benzene rings is 1. The van der Waals surface area contributed by atoms with Crippen LogP contribution >= 0.6 is 0 Å². The molecule has 0 N–H and O–H groups in total. The number of likely N-dealkylation sites (tertiary alicyclic amines) is 2. The van der Waals surface area contributed by atoms with Crippen LogP contribution in [0.3, 0.4) is 0 Å². The Morgan fingerprint density at radius 2 is 1.56 bits per heavy atom. The molecule has 0 bridgehead atoms. The molecule has 2 unspecified atom stereocenters. The Bertz CT molecular complexity index is 1020. The molecule has 10 heteroatoms. The van der Waals surface area contributed by atoms with Gasteiger partial charge < -0.3 is 18.9 Å². The van der Waals surface area contributed by atoms with E-state index in [0.29, 0.717) is 44.6 Å². The molecule has 2 saturated heterocycles. The molecule has 0 aromatic heterocycles. The second kappa shape index (κ2) is 13.3. The van der Waals surface area contributed by atoms with E-state index in [1.165, 1.54) is 12.0 Å². The maximum Gasteiger partial charge on any atom is 0.410 e. The average Bonchev–Trinajstić information content (AvgIpc) is 2.96. The molecule has 214 valence electrons. The summed E-state index contributed by atoms with van der Waals surface area (Å²) >= 11 is 0. The molecule has 1 aromatic rings. The standard InChI is InChI=1S/C29H40N2O8/c1-4-37-26(32)22-14-24(39-27(33)19-9-7-6-8-10-19)18-30(16-22)23-12-11-20-17-31(29(35)36-3)25(15-21(20)13-23)28(34)38-5-2/h6-10,20-25H,4-5,11-18H2,1-3H3/t20-,21?,22-,23-,24-,25?/m0/s1. The van der Waals surface area contributed by atoms with Crippen molar-refractivity contribution in [1.29, 1.82) is 0 Å². The van der Waals surface area contributed by atoms with Crippen molar-refractivity contribution in [1.82, 2.24) is 9.80 Å². The number of amides is 1. The van der Waals surface area contributed by atoms with Crippen LogP contribution in [0.5, 0.6) is 0 Å². The fourth-order valence-electron chi connectivity index (χ4n) is 6.43. The maximum absolute atomic E-state index is 12.8. The van der Waals surface area contributed by atoms with E-state index in [0.717, 1.165) is 19.3 Å². The van der Waals surface area contributed by atoms with E-state index in [1.54, 1.807) is 38.1 Å². The molecular formula is C29H40N2O8. The van der Waals surface area contributed by atoms with Gasteiger partial charge >= 0.3 is 24.0 Å². The number of fused-ring (bicyclic) bond motifs is 1. The predicted molar refractivity (Wildman–Crippen MR) is 141 cm³/mol. The number of methoxy groups -OCH3 is 1. The Kier molecular flexibility index (Phi) is 9.83. The van der Waals surface area contributed by atoms with Crippen molar-refractivity contribution in [2.24, 2.45) is 17.8 Å². The second-order valence-corrected chi connectivity index (χ2v) is 10.6. The van der Waals surface area contributed by atoms with E-state index in [9.17, 15) is 19.2 Å². The number of nitrogens with zero attached hydrogens (tertiary/aromatic N) is 2. The van der Waals surface area contributed by atoms with Crippen molar-refractivity contribution in [3.8, 4) is 0 Å². The molecular weight excluding hydrogens is 504 g/mol. The highest BCUT2D eigenvalue weighted by Crippen LogP contribution is 2.41. The van der Waals surface area contributed by atoms with Crippen molar-refractivity contribution in [2.75, 3.05) is 40.0 Å². The molecule has 1 amide bonds. The van der Waals surface area contributed by atoms with Gasteiger partial charge in [0.2, 0.25) is 0 Å². The summed E-state index contributed by atoms with van der Waals surface area (Å²) in [5, 5.41) is 0. The van der Waals surface area contributed by atoms with Crippen LogP contribution in [0, 0.1) is 17.8 Å². The number of rotatable bonds is 7. The molecule has 2 aliphatic heterocycles. The summed E-state index contributed by atoms with van der Waals surface area (Å²) in [6, 6.07) is 8.34. The summed E-state index contributed by atoms with van der Waals surface area (Å²) in [7, 11) is 1.32. The number of piperidine rings is 2. The molecule has 1 saturated carbocycles. The number of carbonyl (C=O) groups excluding carboxylic acids is 4. The summed E-state index contributed by atoms with van der Waals surface area (Å²) in [5.74, 6) is -1.00. The van der Waals surface area contributed by atoms with Crippen LogP contribution in [0.4, 0.5) is 4.79 Å². The molecule has 0 radical (unpaired) electrons. The molecule has 0 spiro atoms. The predicted octanol–water partition coefficient (Wildman–Crippen LogP) is 3.29. The van der Waals surface area contributed by atoms with Gasteiger partial charge in [0.15, 0.2) is 0 Å². The Balaban J connectivity index is 1.47. The lowest BCUT2D eigenvalue weighted by Gasteiger charge is -2.49. The fourth-order valence-corrected chi connectivity index (χ4v) is 6.43. The van der Waals surface area contributed by atoms with Crippen LogP contribution in [0.25, 0.3) is 0 Å². The Morgan fingerprint density at radius 3 is 2.26 bits per heavy atom. The Hall–Kier alpha value is -3.14. The summed E-state index contributed by atoms with van der Waals surface area (Å²) in [6.07, 6.45) is 2.58. The first-order valence-corrected chi connectivity index (χ1v) is 14.0. The normalized spacial score (nSPS) is 29.1. The third-order valence-electron chi connectivity index (χ3n) is 8.27.